The first-order chi connectivity index (χ1) is 18.8. The van der Waals surface area contributed by atoms with E-state index in [2.05, 4.69) is 5.32 Å². The molecule has 3 aromatic carbocycles. The van der Waals surface area contributed by atoms with E-state index in [9.17, 15) is 14.4 Å². The zero-order valence-electron chi connectivity index (χ0n) is 22.6. The first-order valence-corrected chi connectivity index (χ1v) is 12.9. The fourth-order valence-electron chi connectivity index (χ4n) is 3.81. The molecule has 1 amide bonds. The predicted octanol–water partition coefficient (Wildman–Crippen LogP) is 4.99. The third kappa shape index (κ3) is 9.90. The molecule has 0 saturated carbocycles. The lowest BCUT2D eigenvalue weighted by atomic mass is 10.0. The predicted molar refractivity (Wildman–Crippen MR) is 148 cm³/mol. The summed E-state index contributed by atoms with van der Waals surface area (Å²) in [6.45, 7) is 6.92. The molecule has 0 saturated heterocycles. The Morgan fingerprint density at radius 3 is 2.33 bits per heavy atom. The van der Waals surface area contributed by atoms with Crippen LogP contribution in [0.3, 0.4) is 0 Å². The van der Waals surface area contributed by atoms with Gasteiger partial charge in [0.1, 0.15) is 24.7 Å². The van der Waals surface area contributed by atoms with Crippen molar-refractivity contribution >= 4 is 18.2 Å². The zero-order chi connectivity index (χ0) is 28.1. The van der Waals surface area contributed by atoms with Crippen LogP contribution in [0.15, 0.2) is 72.8 Å². The van der Waals surface area contributed by atoms with Gasteiger partial charge in [-0.3, -0.25) is 9.59 Å². The van der Waals surface area contributed by atoms with Crippen LogP contribution in [0.2, 0.25) is 0 Å². The SMILES string of the molecule is CCOC(C)(C)CCNC(=O)COc1ccc(-c2cc(OCC=O)cc(C(=O)OCc3ccccc3)c2)cc1. The lowest BCUT2D eigenvalue weighted by molar-refractivity contribution is -0.123. The molecule has 3 rings (SSSR count). The Kier molecular flexibility index (Phi) is 11.1. The van der Waals surface area contributed by atoms with E-state index in [1.165, 1.54) is 0 Å². The molecule has 0 aliphatic rings. The Morgan fingerprint density at radius 2 is 1.64 bits per heavy atom. The quantitative estimate of drug-likeness (QED) is 0.217. The van der Waals surface area contributed by atoms with Crippen LogP contribution < -0.4 is 14.8 Å². The minimum Gasteiger partial charge on any atom is -0.486 e. The third-order valence-electron chi connectivity index (χ3n) is 5.81. The summed E-state index contributed by atoms with van der Waals surface area (Å²) < 4.78 is 22.2. The molecule has 206 valence electrons. The van der Waals surface area contributed by atoms with Gasteiger partial charge in [0.2, 0.25) is 0 Å². The lowest BCUT2D eigenvalue weighted by Crippen LogP contribution is -2.35. The maximum Gasteiger partial charge on any atom is 0.338 e. The summed E-state index contributed by atoms with van der Waals surface area (Å²) in [5, 5.41) is 2.84. The Balaban J connectivity index is 1.62. The van der Waals surface area contributed by atoms with E-state index in [1.807, 2.05) is 63.2 Å². The number of hydrogen-bond acceptors (Lipinski definition) is 7. The first kappa shape index (κ1) is 29.4. The highest BCUT2D eigenvalue weighted by atomic mass is 16.5. The van der Waals surface area contributed by atoms with Gasteiger partial charge in [-0.1, -0.05) is 42.5 Å². The van der Waals surface area contributed by atoms with E-state index in [1.54, 1.807) is 30.3 Å². The van der Waals surface area contributed by atoms with Gasteiger partial charge in [0.25, 0.3) is 5.91 Å². The van der Waals surface area contributed by atoms with Crippen LogP contribution in [0.5, 0.6) is 11.5 Å². The van der Waals surface area contributed by atoms with Crippen LogP contribution >= 0.6 is 0 Å². The molecule has 0 aromatic heterocycles. The van der Waals surface area contributed by atoms with Gasteiger partial charge >= 0.3 is 5.97 Å². The molecule has 0 heterocycles. The van der Waals surface area contributed by atoms with Crippen molar-refractivity contribution in [2.24, 2.45) is 0 Å². The molecular weight excluding hydrogens is 498 g/mol. The molecule has 0 spiro atoms. The van der Waals surface area contributed by atoms with E-state index in [0.717, 1.165) is 11.1 Å². The molecule has 39 heavy (non-hydrogen) atoms. The van der Waals surface area contributed by atoms with Gasteiger partial charge in [-0.05, 0) is 74.2 Å². The summed E-state index contributed by atoms with van der Waals surface area (Å²) in [5.41, 5.74) is 2.36. The van der Waals surface area contributed by atoms with Crippen LogP contribution in [0, 0.1) is 0 Å². The summed E-state index contributed by atoms with van der Waals surface area (Å²) in [4.78, 5) is 35.8. The molecule has 0 aliphatic carbocycles. The highest BCUT2D eigenvalue weighted by molar-refractivity contribution is 5.92. The van der Waals surface area contributed by atoms with Crippen LogP contribution in [-0.4, -0.2) is 50.1 Å². The number of amides is 1. The largest absolute Gasteiger partial charge is 0.486 e. The van der Waals surface area contributed by atoms with Crippen LogP contribution in [-0.2, 0) is 25.7 Å². The number of carbonyl (C=O) groups is 3. The maximum atomic E-state index is 12.8. The van der Waals surface area contributed by atoms with Crippen molar-refractivity contribution < 1.29 is 33.3 Å². The maximum absolute atomic E-state index is 12.8. The standard InChI is InChI=1S/C31H35NO7/c1-4-39-31(2,3)14-15-32-29(34)22-37-27-12-10-24(11-13-27)25-18-26(20-28(19-25)36-17-16-33)30(35)38-21-23-8-6-5-7-9-23/h5-13,16,18-20H,4,14-15,17,21-22H2,1-3H3,(H,32,34). The average Bonchev–Trinajstić information content (AvgIpc) is 2.94. The summed E-state index contributed by atoms with van der Waals surface area (Å²) in [6.07, 6.45) is 1.33. The first-order valence-electron chi connectivity index (χ1n) is 12.9. The second-order valence-corrected chi connectivity index (χ2v) is 9.39. The van der Waals surface area contributed by atoms with Gasteiger partial charge in [0.15, 0.2) is 12.9 Å². The van der Waals surface area contributed by atoms with Crippen molar-refractivity contribution in [2.75, 3.05) is 26.4 Å². The van der Waals surface area contributed by atoms with Crippen molar-refractivity contribution in [2.45, 2.75) is 39.4 Å². The van der Waals surface area contributed by atoms with Gasteiger partial charge < -0.3 is 24.3 Å². The molecule has 0 atom stereocenters. The fourth-order valence-corrected chi connectivity index (χ4v) is 3.81. The fraction of sp³-hybridized carbons (Fsp3) is 0.323. The number of nitrogens with one attached hydrogen (secondary N) is 1. The number of aldehydes is 1. The van der Waals surface area contributed by atoms with Crippen LogP contribution in [0.4, 0.5) is 0 Å². The monoisotopic (exact) mass is 533 g/mol. The molecule has 3 aromatic rings. The number of hydrogen-bond donors (Lipinski definition) is 1. The van der Waals surface area contributed by atoms with E-state index >= 15 is 0 Å². The van der Waals surface area contributed by atoms with Crippen molar-refractivity contribution in [1.82, 2.24) is 5.32 Å². The Hall–Kier alpha value is -4.17. The Bertz CT molecular complexity index is 1220. The summed E-state index contributed by atoms with van der Waals surface area (Å²) in [6, 6.07) is 21.5. The van der Waals surface area contributed by atoms with Gasteiger partial charge in [-0.2, -0.15) is 0 Å². The molecule has 0 unspecified atom stereocenters. The summed E-state index contributed by atoms with van der Waals surface area (Å²) >= 11 is 0. The van der Waals surface area contributed by atoms with Crippen molar-refractivity contribution in [3.8, 4) is 22.6 Å². The summed E-state index contributed by atoms with van der Waals surface area (Å²) in [5.74, 6) is 0.174. The number of rotatable bonds is 15. The van der Waals surface area contributed by atoms with Gasteiger partial charge in [-0.25, -0.2) is 4.79 Å². The molecule has 0 radical (unpaired) electrons. The number of benzene rings is 3. The van der Waals surface area contributed by atoms with Gasteiger partial charge in [0, 0.05) is 13.2 Å². The second kappa shape index (κ2) is 14.7. The molecule has 0 aliphatic heterocycles. The van der Waals surface area contributed by atoms with Crippen molar-refractivity contribution in [3.63, 3.8) is 0 Å². The lowest BCUT2D eigenvalue weighted by Gasteiger charge is -2.24. The molecule has 8 nitrogen and oxygen atoms in total. The Labute approximate surface area is 229 Å². The molecule has 1 N–H and O–H groups in total. The summed E-state index contributed by atoms with van der Waals surface area (Å²) in [7, 11) is 0. The van der Waals surface area contributed by atoms with Gasteiger partial charge in [-0.15, -0.1) is 0 Å². The third-order valence-corrected chi connectivity index (χ3v) is 5.81. The average molecular weight is 534 g/mol. The number of ether oxygens (including phenoxy) is 4. The Morgan fingerprint density at radius 1 is 0.897 bits per heavy atom. The van der Waals surface area contributed by atoms with Crippen LogP contribution in [0.25, 0.3) is 11.1 Å². The second-order valence-electron chi connectivity index (χ2n) is 9.39. The highest BCUT2D eigenvalue weighted by Gasteiger charge is 2.17. The zero-order valence-corrected chi connectivity index (χ0v) is 22.6. The van der Waals surface area contributed by atoms with Gasteiger partial charge in [0.05, 0.1) is 11.2 Å². The highest BCUT2D eigenvalue weighted by Crippen LogP contribution is 2.28. The van der Waals surface area contributed by atoms with E-state index in [4.69, 9.17) is 18.9 Å². The molecule has 8 heteroatoms. The smallest absolute Gasteiger partial charge is 0.338 e. The minimum absolute atomic E-state index is 0.110. The minimum atomic E-state index is -0.507. The van der Waals surface area contributed by atoms with Crippen LogP contribution in [0.1, 0.15) is 43.1 Å². The topological polar surface area (TPSA) is 100 Å². The van der Waals surface area contributed by atoms with Crippen molar-refractivity contribution in [1.29, 1.82) is 0 Å². The van der Waals surface area contributed by atoms with E-state index < -0.39 is 5.97 Å². The molecular formula is C31H35NO7. The number of esters is 1. The van der Waals surface area contributed by atoms with E-state index in [0.29, 0.717) is 48.5 Å². The van der Waals surface area contributed by atoms with E-state index in [-0.39, 0.29) is 31.3 Å². The molecule has 0 fully saturated rings. The normalized spacial score (nSPS) is 10.9. The molecule has 0 bridgehead atoms. The number of carbonyl (C=O) groups excluding carboxylic acids is 3. The van der Waals surface area contributed by atoms with Crippen molar-refractivity contribution in [3.05, 3.63) is 83.9 Å².